The second-order valence-corrected chi connectivity index (χ2v) is 5.96. The largest absolute Gasteiger partial charge is 0.374 e. The molecule has 0 saturated carbocycles. The number of Topliss-reactive ketones (excluding diaryl/α,β-unsaturated/α-hetero) is 2. The Labute approximate surface area is 147 Å². The lowest BCUT2D eigenvalue weighted by atomic mass is 9.71. The maximum atomic E-state index is 13.3. The van der Waals surface area contributed by atoms with E-state index in [4.69, 9.17) is 9.47 Å². The Bertz CT molecular complexity index is 726. The van der Waals surface area contributed by atoms with Gasteiger partial charge in [0, 0.05) is 13.2 Å². The van der Waals surface area contributed by atoms with Gasteiger partial charge in [0.2, 0.25) is 0 Å². The van der Waals surface area contributed by atoms with E-state index in [2.05, 4.69) is 0 Å². The molecule has 0 spiro atoms. The van der Waals surface area contributed by atoms with Crippen molar-refractivity contribution in [2.75, 3.05) is 26.4 Å². The van der Waals surface area contributed by atoms with Crippen LogP contribution in [0.15, 0.2) is 48.5 Å². The summed E-state index contributed by atoms with van der Waals surface area (Å²) in [5.41, 5.74) is 1.95. The quantitative estimate of drug-likeness (QED) is 0.694. The fourth-order valence-corrected chi connectivity index (χ4v) is 3.60. The molecule has 0 heterocycles. The third kappa shape index (κ3) is 2.71. The first kappa shape index (κ1) is 17.5. The molecule has 25 heavy (non-hydrogen) atoms. The summed E-state index contributed by atoms with van der Waals surface area (Å²) in [4.78, 5) is 26.5. The molecule has 0 saturated heterocycles. The average Bonchev–Trinajstić information content (AvgIpc) is 2.96. The highest BCUT2D eigenvalue weighted by Gasteiger charge is 2.53. The summed E-state index contributed by atoms with van der Waals surface area (Å²) in [6.07, 6.45) is 0. The zero-order chi connectivity index (χ0) is 17.9. The molecule has 130 valence electrons. The number of benzene rings is 2. The molecule has 4 nitrogen and oxygen atoms in total. The van der Waals surface area contributed by atoms with E-state index in [9.17, 15) is 9.59 Å². The van der Waals surface area contributed by atoms with Gasteiger partial charge < -0.3 is 9.47 Å². The molecular formula is C21H22O4. The number of hydrogen-bond donors (Lipinski definition) is 0. The number of ether oxygens (including phenoxy) is 2. The van der Waals surface area contributed by atoms with Gasteiger partial charge in [0.1, 0.15) is 18.6 Å². The molecule has 3 rings (SSSR count). The molecule has 0 fully saturated rings. The topological polar surface area (TPSA) is 52.6 Å². The second kappa shape index (κ2) is 7.30. The van der Waals surface area contributed by atoms with Crippen LogP contribution in [0.25, 0.3) is 11.1 Å². The Morgan fingerprint density at radius 1 is 0.760 bits per heavy atom. The van der Waals surface area contributed by atoms with Crippen molar-refractivity contribution < 1.29 is 19.1 Å². The van der Waals surface area contributed by atoms with E-state index in [1.165, 1.54) is 0 Å². The van der Waals surface area contributed by atoms with Gasteiger partial charge in [0.25, 0.3) is 0 Å². The van der Waals surface area contributed by atoms with Crippen molar-refractivity contribution in [1.29, 1.82) is 0 Å². The first-order valence-corrected chi connectivity index (χ1v) is 8.59. The summed E-state index contributed by atoms with van der Waals surface area (Å²) in [7, 11) is 0. The Hall–Kier alpha value is -2.30. The minimum absolute atomic E-state index is 0.100. The van der Waals surface area contributed by atoms with Crippen LogP contribution in [0.5, 0.6) is 0 Å². The Morgan fingerprint density at radius 2 is 1.16 bits per heavy atom. The van der Waals surface area contributed by atoms with Crippen molar-refractivity contribution in [2.24, 2.45) is 0 Å². The number of carbonyl (C=O) groups excluding carboxylic acids is 2. The van der Waals surface area contributed by atoms with Gasteiger partial charge in [-0.2, -0.15) is 0 Å². The van der Waals surface area contributed by atoms with Crippen molar-refractivity contribution in [3.05, 3.63) is 59.7 Å². The Kier molecular flexibility index (Phi) is 5.11. The fraction of sp³-hybridized carbons (Fsp3) is 0.333. The van der Waals surface area contributed by atoms with Crippen LogP contribution in [-0.4, -0.2) is 38.0 Å². The minimum Gasteiger partial charge on any atom is -0.374 e. The Morgan fingerprint density at radius 3 is 1.56 bits per heavy atom. The second-order valence-electron chi connectivity index (χ2n) is 5.96. The SMILES string of the molecule is CCOCC(=O)C1(C(=O)COCC)c2ccccc2-c2ccccc21. The summed E-state index contributed by atoms with van der Waals surface area (Å²) in [6.45, 7) is 4.31. The van der Waals surface area contributed by atoms with Crippen molar-refractivity contribution in [3.8, 4) is 11.1 Å². The van der Waals surface area contributed by atoms with Crippen LogP contribution in [0.2, 0.25) is 0 Å². The molecule has 0 atom stereocenters. The summed E-state index contributed by atoms with van der Waals surface area (Å²) < 4.78 is 10.7. The van der Waals surface area contributed by atoms with Crippen molar-refractivity contribution >= 4 is 11.6 Å². The molecule has 0 unspecified atom stereocenters. The highest BCUT2D eigenvalue weighted by atomic mass is 16.5. The van der Waals surface area contributed by atoms with E-state index in [0.717, 1.165) is 22.3 Å². The Balaban J connectivity index is 2.23. The summed E-state index contributed by atoms with van der Waals surface area (Å²) in [5, 5.41) is 0. The van der Waals surface area contributed by atoms with Crippen LogP contribution >= 0.6 is 0 Å². The van der Waals surface area contributed by atoms with Gasteiger partial charge in [-0.1, -0.05) is 48.5 Å². The molecule has 4 heteroatoms. The lowest BCUT2D eigenvalue weighted by Crippen LogP contribution is -2.47. The maximum absolute atomic E-state index is 13.3. The minimum atomic E-state index is -1.35. The average molecular weight is 338 g/mol. The first-order chi connectivity index (χ1) is 12.2. The molecule has 2 aromatic carbocycles. The van der Waals surface area contributed by atoms with Crippen LogP contribution in [0, 0.1) is 0 Å². The lowest BCUT2D eigenvalue weighted by molar-refractivity contribution is -0.138. The lowest BCUT2D eigenvalue weighted by Gasteiger charge is -2.29. The molecule has 0 aliphatic heterocycles. The predicted octanol–water partition coefficient (Wildman–Crippen LogP) is 3.16. The fourth-order valence-electron chi connectivity index (χ4n) is 3.60. The van der Waals surface area contributed by atoms with Gasteiger partial charge >= 0.3 is 0 Å². The van der Waals surface area contributed by atoms with Crippen LogP contribution in [0.4, 0.5) is 0 Å². The van der Waals surface area contributed by atoms with Crippen LogP contribution in [-0.2, 0) is 24.5 Å². The molecule has 0 aromatic heterocycles. The van der Waals surface area contributed by atoms with E-state index in [1.54, 1.807) is 0 Å². The van der Waals surface area contributed by atoms with Gasteiger partial charge in [-0.15, -0.1) is 0 Å². The van der Waals surface area contributed by atoms with Crippen LogP contribution in [0.3, 0.4) is 0 Å². The van der Waals surface area contributed by atoms with E-state index in [-0.39, 0.29) is 24.8 Å². The molecule has 2 aromatic rings. The third-order valence-corrected chi connectivity index (χ3v) is 4.66. The zero-order valence-corrected chi connectivity index (χ0v) is 14.6. The highest BCUT2D eigenvalue weighted by Crippen LogP contribution is 2.50. The smallest absolute Gasteiger partial charge is 0.180 e. The zero-order valence-electron chi connectivity index (χ0n) is 14.6. The summed E-state index contributed by atoms with van der Waals surface area (Å²) in [5.74, 6) is -0.479. The van der Waals surface area contributed by atoms with Gasteiger partial charge in [-0.3, -0.25) is 9.59 Å². The van der Waals surface area contributed by atoms with Crippen LogP contribution < -0.4 is 0 Å². The predicted molar refractivity (Wildman–Crippen MR) is 95.7 cm³/mol. The van der Waals surface area contributed by atoms with E-state index >= 15 is 0 Å². The molecule has 0 N–H and O–H groups in total. The molecule has 1 aliphatic rings. The first-order valence-electron chi connectivity index (χ1n) is 8.59. The number of rotatable bonds is 8. The van der Waals surface area contributed by atoms with Gasteiger partial charge in [0.05, 0.1) is 0 Å². The van der Waals surface area contributed by atoms with Gasteiger partial charge in [0.15, 0.2) is 11.6 Å². The number of fused-ring (bicyclic) bond motifs is 3. The van der Waals surface area contributed by atoms with Gasteiger partial charge in [-0.25, -0.2) is 0 Å². The molecule has 0 radical (unpaired) electrons. The van der Waals surface area contributed by atoms with Crippen molar-refractivity contribution in [3.63, 3.8) is 0 Å². The number of hydrogen-bond acceptors (Lipinski definition) is 4. The molecular weight excluding hydrogens is 316 g/mol. The monoisotopic (exact) mass is 338 g/mol. The van der Waals surface area contributed by atoms with E-state index in [1.807, 2.05) is 62.4 Å². The molecule has 0 amide bonds. The molecule has 0 bridgehead atoms. The highest BCUT2D eigenvalue weighted by molar-refractivity contribution is 6.21. The third-order valence-electron chi connectivity index (χ3n) is 4.66. The van der Waals surface area contributed by atoms with Crippen LogP contribution in [0.1, 0.15) is 25.0 Å². The number of carbonyl (C=O) groups is 2. The van der Waals surface area contributed by atoms with E-state index in [0.29, 0.717) is 13.2 Å². The summed E-state index contributed by atoms with van der Waals surface area (Å²) >= 11 is 0. The van der Waals surface area contributed by atoms with Crippen molar-refractivity contribution in [2.45, 2.75) is 19.3 Å². The van der Waals surface area contributed by atoms with E-state index < -0.39 is 5.41 Å². The normalized spacial score (nSPS) is 14.0. The maximum Gasteiger partial charge on any atom is 0.180 e. The number of ketones is 2. The van der Waals surface area contributed by atoms with Gasteiger partial charge in [-0.05, 0) is 36.1 Å². The van der Waals surface area contributed by atoms with Crippen molar-refractivity contribution in [1.82, 2.24) is 0 Å². The summed E-state index contributed by atoms with van der Waals surface area (Å²) in [6, 6.07) is 15.2. The molecule has 1 aliphatic carbocycles. The standard InChI is InChI=1S/C21H22O4/c1-3-24-13-19(22)21(20(23)14-25-4-2)17-11-7-5-9-15(17)16-10-6-8-12-18(16)21/h5-12H,3-4,13-14H2,1-2H3.